The Bertz CT molecular complexity index is 821. The number of fused-ring (bicyclic) bond motifs is 3. The Balaban J connectivity index is 1.60. The molecule has 3 aliphatic carbocycles. The van der Waals surface area contributed by atoms with Crippen molar-refractivity contribution in [1.82, 2.24) is 0 Å². The van der Waals surface area contributed by atoms with E-state index in [0.29, 0.717) is 0 Å². The highest BCUT2D eigenvalue weighted by atomic mass is 16.6. The predicted molar refractivity (Wildman–Crippen MR) is 85.1 cm³/mol. The summed E-state index contributed by atoms with van der Waals surface area (Å²) in [5.74, 6) is -0.955. The molecule has 1 saturated heterocycles. The van der Waals surface area contributed by atoms with Crippen LogP contribution in [-0.2, 0) is 9.59 Å². The van der Waals surface area contributed by atoms with Crippen LogP contribution in [-0.4, -0.2) is 16.7 Å². The van der Waals surface area contributed by atoms with Gasteiger partial charge in [0.05, 0.1) is 16.8 Å². The lowest BCUT2D eigenvalue weighted by atomic mass is 9.85. The third-order valence-corrected chi connectivity index (χ3v) is 6.42. The Morgan fingerprint density at radius 2 is 1.71 bits per heavy atom. The fourth-order valence-electron chi connectivity index (χ4n) is 5.28. The fraction of sp³-hybridized carbons (Fsp3) is 0.444. The van der Waals surface area contributed by atoms with Crippen LogP contribution >= 0.6 is 0 Å². The Kier molecular flexibility index (Phi) is 2.39. The van der Waals surface area contributed by atoms with Gasteiger partial charge in [0.15, 0.2) is 0 Å². The van der Waals surface area contributed by atoms with Crippen molar-refractivity contribution in [2.24, 2.45) is 29.1 Å². The van der Waals surface area contributed by atoms with Crippen LogP contribution in [0.15, 0.2) is 30.4 Å². The van der Waals surface area contributed by atoms with Crippen LogP contribution < -0.4 is 4.90 Å². The number of hydrogen-bond acceptors (Lipinski definition) is 4. The number of rotatable bonds is 2. The molecule has 1 aliphatic heterocycles. The van der Waals surface area contributed by atoms with Gasteiger partial charge in [-0.25, -0.2) is 4.90 Å². The van der Waals surface area contributed by atoms with E-state index in [1.807, 2.05) is 0 Å². The maximum absolute atomic E-state index is 13.0. The van der Waals surface area contributed by atoms with Crippen molar-refractivity contribution in [3.05, 3.63) is 46.0 Å². The van der Waals surface area contributed by atoms with E-state index >= 15 is 0 Å². The number of aryl methyl sites for hydroxylation is 1. The summed E-state index contributed by atoms with van der Waals surface area (Å²) in [6.45, 7) is 1.75. The van der Waals surface area contributed by atoms with E-state index < -0.39 is 4.92 Å². The second kappa shape index (κ2) is 4.12. The van der Waals surface area contributed by atoms with Crippen LogP contribution in [0, 0.1) is 46.1 Å². The molecule has 4 aliphatic rings. The summed E-state index contributed by atoms with van der Waals surface area (Å²) in [4.78, 5) is 38.0. The highest BCUT2D eigenvalue weighted by Gasteiger charge is 2.73. The molecule has 6 nitrogen and oxygen atoms in total. The number of nitrogens with zero attached hydrogens (tertiary/aromatic N) is 2. The van der Waals surface area contributed by atoms with Crippen LogP contribution in [0.25, 0.3) is 0 Å². The summed E-state index contributed by atoms with van der Waals surface area (Å²) in [6, 6.07) is 4.64. The first-order valence-corrected chi connectivity index (χ1v) is 8.27. The monoisotopic (exact) mass is 324 g/mol. The van der Waals surface area contributed by atoms with Gasteiger partial charge in [0, 0.05) is 6.07 Å². The molecule has 0 radical (unpaired) electrons. The summed E-state index contributed by atoms with van der Waals surface area (Å²) >= 11 is 0. The Labute approximate surface area is 138 Å². The smallest absolute Gasteiger partial charge is 0.274 e. The molecule has 1 aromatic rings. The minimum absolute atomic E-state index is 0.110. The minimum atomic E-state index is -0.522. The zero-order chi connectivity index (χ0) is 16.8. The van der Waals surface area contributed by atoms with E-state index in [0.717, 1.165) is 23.3 Å². The lowest BCUT2D eigenvalue weighted by molar-refractivity contribution is -0.384. The van der Waals surface area contributed by atoms with Crippen molar-refractivity contribution >= 4 is 23.2 Å². The van der Waals surface area contributed by atoms with Crippen molar-refractivity contribution < 1.29 is 14.5 Å². The number of imide groups is 1. The van der Waals surface area contributed by atoms with Gasteiger partial charge < -0.3 is 0 Å². The van der Waals surface area contributed by atoms with Gasteiger partial charge in [-0.05, 0) is 48.6 Å². The number of nitro groups is 1. The molecule has 122 valence electrons. The van der Waals surface area contributed by atoms with Crippen LogP contribution in [0.3, 0.4) is 0 Å². The molecule has 24 heavy (non-hydrogen) atoms. The van der Waals surface area contributed by atoms with Gasteiger partial charge in [0.1, 0.15) is 5.69 Å². The van der Waals surface area contributed by atoms with E-state index in [1.54, 1.807) is 13.0 Å². The maximum atomic E-state index is 13.0. The minimum Gasteiger partial charge on any atom is -0.274 e. The number of anilines is 1. The number of benzene rings is 1. The average Bonchev–Trinajstić information content (AvgIpc) is 3.14. The zero-order valence-electron chi connectivity index (χ0n) is 13.1. The van der Waals surface area contributed by atoms with Gasteiger partial charge >= 0.3 is 0 Å². The standard InChI is InChI=1S/C18H16N2O4/c1-9-2-5-12(13(8-9)20(23)24)19-16(21)14-10-3-4-11(15(14)17(19)22)18(10)6-7-18/h2-5,8,10-11,14-15H,6-7H2,1H3/t10-,11-,14-,15+/m1/s1. The number of carbonyl (C=O) groups is 2. The fourth-order valence-corrected chi connectivity index (χ4v) is 5.28. The zero-order valence-corrected chi connectivity index (χ0v) is 13.1. The number of amides is 2. The van der Waals surface area contributed by atoms with Crippen molar-refractivity contribution in [3.8, 4) is 0 Å². The van der Waals surface area contributed by atoms with E-state index in [4.69, 9.17) is 0 Å². The van der Waals surface area contributed by atoms with Crippen LogP contribution in [0.5, 0.6) is 0 Å². The first-order chi connectivity index (χ1) is 11.5. The molecule has 0 aromatic heterocycles. The van der Waals surface area contributed by atoms with Crippen molar-refractivity contribution in [3.63, 3.8) is 0 Å². The van der Waals surface area contributed by atoms with Crippen molar-refractivity contribution in [2.75, 3.05) is 4.90 Å². The Morgan fingerprint density at radius 1 is 1.12 bits per heavy atom. The predicted octanol–water partition coefficient (Wildman–Crippen LogP) is 2.60. The van der Waals surface area contributed by atoms with Crippen molar-refractivity contribution in [1.29, 1.82) is 0 Å². The lowest BCUT2D eigenvalue weighted by Gasteiger charge is -2.21. The molecular weight excluding hydrogens is 308 g/mol. The van der Waals surface area contributed by atoms with Crippen LogP contribution in [0.2, 0.25) is 0 Å². The van der Waals surface area contributed by atoms with Crippen LogP contribution in [0.1, 0.15) is 18.4 Å². The molecule has 2 amide bonds. The molecule has 2 saturated carbocycles. The summed E-state index contributed by atoms with van der Waals surface area (Å²) in [7, 11) is 0. The second-order valence-corrected chi connectivity index (χ2v) is 7.48. The first-order valence-electron chi connectivity index (χ1n) is 8.27. The average molecular weight is 324 g/mol. The molecule has 1 spiro atoms. The van der Waals surface area contributed by atoms with Crippen molar-refractivity contribution in [2.45, 2.75) is 19.8 Å². The molecule has 2 bridgehead atoms. The third-order valence-electron chi connectivity index (χ3n) is 6.42. The van der Waals surface area contributed by atoms with E-state index in [9.17, 15) is 19.7 Å². The van der Waals surface area contributed by atoms with Gasteiger partial charge in [0.25, 0.3) is 5.69 Å². The number of allylic oxidation sites excluding steroid dienone is 2. The topological polar surface area (TPSA) is 80.5 Å². The largest absolute Gasteiger partial charge is 0.293 e. The highest BCUT2D eigenvalue weighted by Crippen LogP contribution is 2.73. The number of nitro benzene ring substituents is 1. The molecule has 0 N–H and O–H groups in total. The number of hydrogen-bond donors (Lipinski definition) is 0. The van der Waals surface area contributed by atoms with Gasteiger partial charge in [0.2, 0.25) is 11.8 Å². The lowest BCUT2D eigenvalue weighted by Crippen LogP contribution is -2.35. The molecule has 5 rings (SSSR count). The van der Waals surface area contributed by atoms with Gasteiger partial charge in [-0.3, -0.25) is 19.7 Å². The quantitative estimate of drug-likeness (QED) is 0.362. The molecule has 1 aromatic carbocycles. The van der Waals surface area contributed by atoms with Gasteiger partial charge in [-0.2, -0.15) is 0 Å². The summed E-state index contributed by atoms with van der Waals surface area (Å²) < 4.78 is 0. The van der Waals surface area contributed by atoms with E-state index in [-0.39, 0.29) is 52.3 Å². The summed E-state index contributed by atoms with van der Waals surface area (Å²) in [5, 5.41) is 11.4. The molecular formula is C18H16N2O4. The molecule has 4 atom stereocenters. The van der Waals surface area contributed by atoms with E-state index in [2.05, 4.69) is 12.2 Å². The van der Waals surface area contributed by atoms with Crippen LogP contribution in [0.4, 0.5) is 11.4 Å². The van der Waals surface area contributed by atoms with Gasteiger partial charge in [-0.15, -0.1) is 0 Å². The molecule has 3 fully saturated rings. The Morgan fingerprint density at radius 3 is 2.21 bits per heavy atom. The maximum Gasteiger partial charge on any atom is 0.293 e. The summed E-state index contributed by atoms with van der Waals surface area (Å²) in [5.41, 5.74) is 0.784. The number of carbonyl (C=O) groups excluding carboxylic acids is 2. The molecule has 0 unspecified atom stereocenters. The normalized spacial score (nSPS) is 34.3. The SMILES string of the molecule is Cc1ccc(N2C(=O)[C@@H]3[C@H](C2=O)[C@H]2C=C[C@H]3C23CC3)c([N+](=O)[O-])c1. The third kappa shape index (κ3) is 1.42. The second-order valence-electron chi connectivity index (χ2n) is 7.48. The summed E-state index contributed by atoms with van der Waals surface area (Å²) in [6.07, 6.45) is 6.34. The molecule has 6 heteroatoms. The van der Waals surface area contributed by atoms with Gasteiger partial charge in [-0.1, -0.05) is 18.2 Å². The Hall–Kier alpha value is -2.50. The first kappa shape index (κ1) is 13.9. The van der Waals surface area contributed by atoms with E-state index in [1.165, 1.54) is 12.1 Å². The molecule has 1 heterocycles. The highest BCUT2D eigenvalue weighted by molar-refractivity contribution is 6.24.